The smallest absolute Gasteiger partial charge is 0.395 e. The minimum absolute atomic E-state index is 0.0261. The Bertz CT molecular complexity index is 855. The van der Waals surface area contributed by atoms with E-state index >= 15 is 0 Å². The summed E-state index contributed by atoms with van der Waals surface area (Å²) in [6, 6.07) is 12.4. The lowest BCUT2D eigenvalue weighted by atomic mass is 9.81. The van der Waals surface area contributed by atoms with Crippen LogP contribution in [0.1, 0.15) is 18.9 Å². The second-order valence-electron chi connectivity index (χ2n) is 7.22. The lowest BCUT2D eigenvalue weighted by Gasteiger charge is -2.32. The van der Waals surface area contributed by atoms with Gasteiger partial charge in [0.1, 0.15) is 11.5 Å². The minimum Gasteiger partial charge on any atom is -0.395 e. The molecule has 0 bridgehead atoms. The summed E-state index contributed by atoms with van der Waals surface area (Å²) in [4.78, 5) is 16.8. The van der Waals surface area contributed by atoms with E-state index in [4.69, 9.17) is 21.1 Å². The van der Waals surface area contributed by atoms with Crippen molar-refractivity contribution in [2.24, 2.45) is 0 Å². The molecule has 2 aromatic rings. The minimum atomic E-state index is -0.760. The molecule has 136 valence electrons. The summed E-state index contributed by atoms with van der Waals surface area (Å²) in [5, 5.41) is 0.581. The number of likely N-dealkylation sites (N-methyl/N-ethyl adjacent to an activating group) is 2. The van der Waals surface area contributed by atoms with Crippen molar-refractivity contribution in [3.63, 3.8) is 0 Å². The fraction of sp³-hybridized carbons (Fsp3) is 0.350. The van der Waals surface area contributed by atoms with E-state index in [1.165, 1.54) is 11.3 Å². The Morgan fingerprint density at radius 1 is 1.12 bits per heavy atom. The van der Waals surface area contributed by atoms with Crippen LogP contribution in [0.15, 0.2) is 42.5 Å². The first-order valence-corrected chi connectivity index (χ1v) is 8.99. The van der Waals surface area contributed by atoms with Crippen molar-refractivity contribution < 1.29 is 14.3 Å². The average Bonchev–Trinajstić information content (AvgIpc) is 3.03. The first-order chi connectivity index (χ1) is 12.4. The fourth-order valence-electron chi connectivity index (χ4n) is 4.33. The molecule has 2 aliphatic heterocycles. The predicted molar refractivity (Wildman–Crippen MR) is 101 cm³/mol. The van der Waals surface area contributed by atoms with Gasteiger partial charge in [-0.25, -0.2) is 4.79 Å². The van der Waals surface area contributed by atoms with Gasteiger partial charge in [-0.2, -0.15) is 0 Å². The molecule has 0 radical (unpaired) electrons. The summed E-state index contributed by atoms with van der Waals surface area (Å²) in [5.41, 5.74) is 2.42. The third-order valence-corrected chi connectivity index (χ3v) is 5.77. The van der Waals surface area contributed by atoms with Gasteiger partial charge in [0.25, 0.3) is 0 Å². The van der Waals surface area contributed by atoms with Gasteiger partial charge >= 0.3 is 6.16 Å². The number of nitrogens with zero attached hydrogens (tertiary/aromatic N) is 2. The number of hydrogen-bond donors (Lipinski definition) is 0. The maximum Gasteiger partial charge on any atom is 0.519 e. The number of ether oxygens (including phenoxy) is 2. The quantitative estimate of drug-likeness (QED) is 0.581. The van der Waals surface area contributed by atoms with Gasteiger partial charge in [-0.05, 0) is 61.5 Å². The lowest BCUT2D eigenvalue weighted by Crippen LogP contribution is -2.45. The standard InChI is InChI=1S/C20H21ClN2O3/c1-20-10-11-22(2)18(20)23(3)17-9-8-15(12-16(17)20)26-19(24)25-14-6-4-13(21)5-7-14/h4-9,12,18H,10-11H2,1-3H3/t18-,20+/m1/s1. The van der Waals surface area contributed by atoms with E-state index in [1.54, 1.807) is 24.3 Å². The van der Waals surface area contributed by atoms with Crippen molar-refractivity contribution in [3.05, 3.63) is 53.1 Å². The molecular weight excluding hydrogens is 352 g/mol. The molecule has 2 heterocycles. The van der Waals surface area contributed by atoms with Gasteiger partial charge in [-0.15, -0.1) is 0 Å². The molecule has 2 aromatic carbocycles. The molecule has 5 nitrogen and oxygen atoms in total. The number of anilines is 1. The van der Waals surface area contributed by atoms with Crippen LogP contribution in [-0.4, -0.2) is 37.9 Å². The predicted octanol–water partition coefficient (Wildman–Crippen LogP) is 4.29. The maximum absolute atomic E-state index is 12.1. The van der Waals surface area contributed by atoms with Gasteiger partial charge in [-0.1, -0.05) is 18.5 Å². The van der Waals surface area contributed by atoms with E-state index in [1.807, 2.05) is 18.2 Å². The highest BCUT2D eigenvalue weighted by Crippen LogP contribution is 2.51. The van der Waals surface area contributed by atoms with Crippen LogP contribution in [0.3, 0.4) is 0 Å². The molecule has 0 amide bonds. The van der Waals surface area contributed by atoms with E-state index in [9.17, 15) is 4.79 Å². The topological polar surface area (TPSA) is 42.0 Å². The zero-order chi connectivity index (χ0) is 18.5. The average molecular weight is 373 g/mol. The first-order valence-electron chi connectivity index (χ1n) is 8.61. The second-order valence-corrected chi connectivity index (χ2v) is 7.66. The summed E-state index contributed by atoms with van der Waals surface area (Å²) in [5.74, 6) is 0.886. The van der Waals surface area contributed by atoms with Gasteiger partial charge in [0, 0.05) is 29.7 Å². The number of carbonyl (C=O) groups is 1. The van der Waals surface area contributed by atoms with Crippen LogP contribution in [0.4, 0.5) is 10.5 Å². The van der Waals surface area contributed by atoms with E-state index in [2.05, 4.69) is 30.8 Å². The van der Waals surface area contributed by atoms with Crippen LogP contribution < -0.4 is 14.4 Å². The third kappa shape index (κ3) is 2.72. The summed E-state index contributed by atoms with van der Waals surface area (Å²) >= 11 is 5.83. The zero-order valence-corrected chi connectivity index (χ0v) is 15.8. The molecule has 1 saturated heterocycles. The van der Waals surface area contributed by atoms with E-state index in [0.29, 0.717) is 22.7 Å². The Kier molecular flexibility index (Phi) is 4.09. The molecule has 1 fully saturated rings. The van der Waals surface area contributed by atoms with Gasteiger partial charge in [0.2, 0.25) is 0 Å². The molecule has 0 N–H and O–H groups in total. The number of rotatable bonds is 2. The number of halogens is 1. The third-order valence-electron chi connectivity index (χ3n) is 5.52. The second kappa shape index (κ2) is 6.18. The summed E-state index contributed by atoms with van der Waals surface area (Å²) in [6.07, 6.45) is 0.641. The van der Waals surface area contributed by atoms with Crippen molar-refractivity contribution in [1.82, 2.24) is 4.90 Å². The molecule has 0 aliphatic carbocycles. The highest BCUT2D eigenvalue weighted by atomic mass is 35.5. The molecule has 4 rings (SSSR count). The molecule has 0 saturated carbocycles. The van der Waals surface area contributed by atoms with Gasteiger partial charge in [-0.3, -0.25) is 4.90 Å². The summed E-state index contributed by atoms with van der Waals surface area (Å²) in [6.45, 7) is 3.33. The van der Waals surface area contributed by atoms with Crippen LogP contribution in [0.25, 0.3) is 0 Å². The van der Waals surface area contributed by atoms with Crippen LogP contribution >= 0.6 is 11.6 Å². The highest BCUT2D eigenvalue weighted by molar-refractivity contribution is 6.30. The molecule has 0 spiro atoms. The lowest BCUT2D eigenvalue weighted by molar-refractivity contribution is 0.152. The van der Waals surface area contributed by atoms with Crippen LogP contribution in [-0.2, 0) is 5.41 Å². The zero-order valence-electron chi connectivity index (χ0n) is 15.0. The monoisotopic (exact) mass is 372 g/mol. The Labute approximate surface area is 158 Å². The van der Waals surface area contributed by atoms with Gasteiger partial charge in [0.05, 0.1) is 6.17 Å². The normalized spacial score (nSPS) is 24.3. The van der Waals surface area contributed by atoms with Crippen molar-refractivity contribution in [3.8, 4) is 11.5 Å². The van der Waals surface area contributed by atoms with Gasteiger partial charge < -0.3 is 14.4 Å². The van der Waals surface area contributed by atoms with Crippen LogP contribution in [0.5, 0.6) is 11.5 Å². The van der Waals surface area contributed by atoms with Crippen molar-refractivity contribution in [2.45, 2.75) is 24.9 Å². The fourth-order valence-corrected chi connectivity index (χ4v) is 4.46. The van der Waals surface area contributed by atoms with Crippen LogP contribution in [0.2, 0.25) is 5.02 Å². The molecule has 0 unspecified atom stereocenters. The van der Waals surface area contributed by atoms with Crippen molar-refractivity contribution >= 4 is 23.4 Å². The maximum atomic E-state index is 12.1. The Balaban J connectivity index is 1.54. The van der Waals surface area contributed by atoms with E-state index in [0.717, 1.165) is 13.0 Å². The molecule has 6 heteroatoms. The SMILES string of the molecule is CN1CC[C@@]2(C)c3cc(OC(=O)Oc4ccc(Cl)cc4)ccc3N(C)[C@@H]12. The molecule has 26 heavy (non-hydrogen) atoms. The molecule has 0 aromatic heterocycles. The highest BCUT2D eigenvalue weighted by Gasteiger charge is 2.52. The molecule has 2 aliphatic rings. The van der Waals surface area contributed by atoms with Gasteiger partial charge in [0.15, 0.2) is 0 Å². The largest absolute Gasteiger partial charge is 0.519 e. The number of likely N-dealkylation sites (tertiary alicyclic amines) is 1. The summed E-state index contributed by atoms with van der Waals surface area (Å²) < 4.78 is 10.6. The van der Waals surface area contributed by atoms with E-state index < -0.39 is 6.16 Å². The van der Waals surface area contributed by atoms with Crippen molar-refractivity contribution in [1.29, 1.82) is 0 Å². The summed E-state index contributed by atoms with van der Waals surface area (Å²) in [7, 11) is 4.27. The molecular formula is C20H21ClN2O3. The van der Waals surface area contributed by atoms with Crippen molar-refractivity contribution in [2.75, 3.05) is 25.5 Å². The van der Waals surface area contributed by atoms with Crippen LogP contribution in [0, 0.1) is 0 Å². The Morgan fingerprint density at radius 3 is 2.50 bits per heavy atom. The number of fused-ring (bicyclic) bond motifs is 3. The Hall–Kier alpha value is -2.24. The molecule has 2 atom stereocenters. The number of benzene rings is 2. The Morgan fingerprint density at radius 2 is 1.77 bits per heavy atom. The first kappa shape index (κ1) is 17.2. The number of hydrogen-bond acceptors (Lipinski definition) is 5. The number of carbonyl (C=O) groups excluding carboxylic acids is 1. The van der Waals surface area contributed by atoms with E-state index in [-0.39, 0.29) is 5.41 Å².